The zero-order chi connectivity index (χ0) is 26.6. The maximum absolute atomic E-state index is 3.72. The molecule has 0 N–H and O–H groups in total. The largest absolute Gasteiger partial charge is 0.309 e. The van der Waals surface area contributed by atoms with E-state index in [1.165, 1.54) is 71.4 Å². The summed E-state index contributed by atoms with van der Waals surface area (Å²) in [5.74, 6) is 0. The van der Waals surface area contributed by atoms with Gasteiger partial charge in [0.25, 0.3) is 0 Å². The second-order valence-electron chi connectivity index (χ2n) is 9.59. The van der Waals surface area contributed by atoms with Gasteiger partial charge < -0.3 is 19.6 Å². The second-order valence-corrected chi connectivity index (χ2v) is 9.59. The Morgan fingerprint density at radius 3 is 1.26 bits per heavy atom. The number of likely N-dealkylation sites (tertiary alicyclic amines) is 2. The monoisotopic (exact) mass is 490 g/mol. The van der Waals surface area contributed by atoms with Crippen LogP contribution in [0, 0.1) is 0 Å². The van der Waals surface area contributed by atoms with Crippen LogP contribution in [0.5, 0.6) is 0 Å². The Kier molecular flexibility index (Phi) is 29.8. The number of rotatable bonds is 14. The Morgan fingerprint density at radius 2 is 0.943 bits per heavy atom. The predicted octanol–water partition coefficient (Wildman–Crippen LogP) is 6.74. The molecule has 4 heteroatoms. The molecule has 0 aromatic carbocycles. The van der Waals surface area contributed by atoms with Gasteiger partial charge >= 0.3 is 0 Å². The molecule has 2 aliphatic heterocycles. The van der Waals surface area contributed by atoms with E-state index in [1.54, 1.807) is 0 Å². The fourth-order valence-electron chi connectivity index (χ4n) is 3.90. The molecule has 0 amide bonds. The van der Waals surface area contributed by atoms with Gasteiger partial charge in [-0.2, -0.15) is 0 Å². The fraction of sp³-hybridized carbons (Fsp3) is 0.742. The van der Waals surface area contributed by atoms with E-state index in [1.807, 2.05) is 24.3 Å². The first-order valence-corrected chi connectivity index (χ1v) is 14.2. The zero-order valence-electron chi connectivity index (χ0n) is 24.4. The topological polar surface area (TPSA) is 13.0 Å². The minimum absolute atomic E-state index is 1.09. The van der Waals surface area contributed by atoms with Crippen LogP contribution in [0.3, 0.4) is 0 Å². The molecule has 206 valence electrons. The van der Waals surface area contributed by atoms with Crippen LogP contribution in [0.25, 0.3) is 0 Å². The van der Waals surface area contributed by atoms with Crippen molar-refractivity contribution in [2.75, 3.05) is 79.5 Å². The highest BCUT2D eigenvalue weighted by Crippen LogP contribution is 2.08. The lowest BCUT2D eigenvalue weighted by Crippen LogP contribution is -2.30. The highest BCUT2D eigenvalue weighted by atomic mass is 15.1. The number of hydrogen-bond donors (Lipinski definition) is 0. The Morgan fingerprint density at radius 1 is 0.571 bits per heavy atom. The summed E-state index contributed by atoms with van der Waals surface area (Å²) in [4.78, 5) is 9.57. The van der Waals surface area contributed by atoms with Gasteiger partial charge in [0.1, 0.15) is 0 Å². The van der Waals surface area contributed by atoms with Gasteiger partial charge in [0.15, 0.2) is 0 Å². The highest BCUT2D eigenvalue weighted by molar-refractivity contribution is 4.73. The molecular weight excluding hydrogens is 428 g/mol. The molecule has 0 aliphatic carbocycles. The van der Waals surface area contributed by atoms with E-state index in [0.717, 1.165) is 51.9 Å². The van der Waals surface area contributed by atoms with Crippen molar-refractivity contribution in [3.05, 3.63) is 50.6 Å². The van der Waals surface area contributed by atoms with Crippen molar-refractivity contribution in [3.8, 4) is 0 Å². The van der Waals surface area contributed by atoms with Crippen LogP contribution >= 0.6 is 0 Å². The third-order valence-corrected chi connectivity index (χ3v) is 6.27. The van der Waals surface area contributed by atoms with Crippen molar-refractivity contribution in [1.29, 1.82) is 0 Å². The molecular formula is C31H62N4. The van der Waals surface area contributed by atoms with E-state index in [-0.39, 0.29) is 0 Å². The predicted molar refractivity (Wildman–Crippen MR) is 162 cm³/mol. The summed E-state index contributed by atoms with van der Waals surface area (Å²) in [6.07, 6.45) is 19.5. The summed E-state index contributed by atoms with van der Waals surface area (Å²) in [5, 5.41) is 0. The first kappa shape index (κ1) is 36.0. The molecule has 2 heterocycles. The molecule has 0 atom stereocenters. The van der Waals surface area contributed by atoms with Crippen LogP contribution in [-0.2, 0) is 0 Å². The molecule has 2 aliphatic rings. The number of hydrogen-bond acceptors (Lipinski definition) is 4. The van der Waals surface area contributed by atoms with E-state index in [0.29, 0.717) is 0 Å². The lowest BCUT2D eigenvalue weighted by molar-refractivity contribution is 0.233. The molecule has 2 fully saturated rings. The van der Waals surface area contributed by atoms with Gasteiger partial charge in [-0.3, -0.25) is 0 Å². The Balaban J connectivity index is 0. The summed E-state index contributed by atoms with van der Waals surface area (Å²) in [6.45, 7) is 31.4. The Labute approximate surface area is 221 Å². The number of nitrogens with zero attached hydrogens (tertiary/aromatic N) is 4. The normalized spacial score (nSPS) is 15.7. The molecule has 2 rings (SSSR count). The van der Waals surface area contributed by atoms with E-state index in [9.17, 15) is 0 Å². The average molecular weight is 491 g/mol. The summed E-state index contributed by atoms with van der Waals surface area (Å²) in [7, 11) is 4.12. The summed E-state index contributed by atoms with van der Waals surface area (Å²) in [5.41, 5.74) is 0. The van der Waals surface area contributed by atoms with Crippen molar-refractivity contribution >= 4 is 0 Å². The smallest absolute Gasteiger partial charge is 0.00158 e. The van der Waals surface area contributed by atoms with Crippen LogP contribution in [0.15, 0.2) is 50.6 Å². The summed E-state index contributed by atoms with van der Waals surface area (Å²) < 4.78 is 0. The minimum atomic E-state index is 1.09. The second kappa shape index (κ2) is 29.0. The van der Waals surface area contributed by atoms with Gasteiger partial charge in [0.2, 0.25) is 0 Å². The summed E-state index contributed by atoms with van der Waals surface area (Å²) >= 11 is 0. The van der Waals surface area contributed by atoms with E-state index in [4.69, 9.17) is 0 Å². The van der Waals surface area contributed by atoms with Gasteiger partial charge in [-0.15, -0.1) is 26.3 Å². The van der Waals surface area contributed by atoms with Gasteiger partial charge in [-0.1, -0.05) is 44.6 Å². The SMILES string of the molecule is C=CCCN(C)C.C=CCCN(CC)CC.C=CCCN1CCCC1.C=CCCN1CCCCC1. The molecule has 0 saturated carbocycles. The van der Waals surface area contributed by atoms with Gasteiger partial charge in [0, 0.05) is 26.2 Å². The maximum Gasteiger partial charge on any atom is 0.00158 e. The van der Waals surface area contributed by atoms with Crippen LogP contribution in [0.4, 0.5) is 0 Å². The van der Waals surface area contributed by atoms with Crippen LogP contribution in [0.2, 0.25) is 0 Å². The lowest BCUT2D eigenvalue weighted by atomic mass is 10.1. The first-order valence-electron chi connectivity index (χ1n) is 14.2. The first-order chi connectivity index (χ1) is 17.0. The molecule has 2 saturated heterocycles. The molecule has 0 spiro atoms. The molecule has 35 heavy (non-hydrogen) atoms. The van der Waals surface area contributed by atoms with Crippen molar-refractivity contribution < 1.29 is 0 Å². The Hall–Kier alpha value is -1.20. The van der Waals surface area contributed by atoms with Crippen LogP contribution in [0.1, 0.15) is 71.6 Å². The quantitative estimate of drug-likeness (QED) is 0.250. The molecule has 0 radical (unpaired) electrons. The average Bonchev–Trinajstić information content (AvgIpc) is 3.41. The van der Waals surface area contributed by atoms with Crippen molar-refractivity contribution in [2.24, 2.45) is 0 Å². The molecule has 0 aromatic heterocycles. The fourth-order valence-corrected chi connectivity index (χ4v) is 3.90. The van der Waals surface area contributed by atoms with Crippen LogP contribution in [-0.4, -0.2) is 99.1 Å². The van der Waals surface area contributed by atoms with E-state index >= 15 is 0 Å². The van der Waals surface area contributed by atoms with E-state index < -0.39 is 0 Å². The molecule has 0 aromatic rings. The molecule has 0 bridgehead atoms. The standard InChI is InChI=1S/C9H17N.C8H15N.C8H17N.C6H13N/c1-2-3-7-10-8-5-4-6-9-10;1-2-3-6-9-7-4-5-8-9;1-4-7-8-9(5-2)6-3;1-4-5-6-7(2)3/h2H,1,3-9H2;2H,1,3-8H2;4H,1,5-8H2,2-3H3;4H,1,5-6H2,2-3H3. The van der Waals surface area contributed by atoms with Crippen molar-refractivity contribution in [1.82, 2.24) is 19.6 Å². The van der Waals surface area contributed by atoms with Crippen molar-refractivity contribution in [3.63, 3.8) is 0 Å². The third kappa shape index (κ3) is 27.2. The van der Waals surface area contributed by atoms with Gasteiger partial charge in [-0.25, -0.2) is 0 Å². The number of piperidine rings is 1. The van der Waals surface area contributed by atoms with Crippen molar-refractivity contribution in [2.45, 2.75) is 71.6 Å². The zero-order valence-corrected chi connectivity index (χ0v) is 24.4. The molecule has 0 unspecified atom stereocenters. The summed E-state index contributed by atoms with van der Waals surface area (Å²) in [6, 6.07) is 0. The lowest BCUT2D eigenvalue weighted by Gasteiger charge is -2.25. The third-order valence-electron chi connectivity index (χ3n) is 6.27. The maximum atomic E-state index is 3.72. The minimum Gasteiger partial charge on any atom is -0.309 e. The van der Waals surface area contributed by atoms with E-state index in [2.05, 4.69) is 73.9 Å². The van der Waals surface area contributed by atoms with Crippen LogP contribution < -0.4 is 0 Å². The Bertz CT molecular complexity index is 449. The van der Waals surface area contributed by atoms with Gasteiger partial charge in [-0.05, 0) is 105 Å². The highest BCUT2D eigenvalue weighted by Gasteiger charge is 2.09. The van der Waals surface area contributed by atoms with Gasteiger partial charge in [0.05, 0.1) is 0 Å². The molecule has 4 nitrogen and oxygen atoms in total.